The second-order valence-corrected chi connectivity index (χ2v) is 6.38. The average Bonchev–Trinajstić information content (AvgIpc) is 2.63. The zero-order chi connectivity index (χ0) is 22.1. The van der Waals surface area contributed by atoms with E-state index in [1.165, 1.54) is 0 Å². The highest BCUT2D eigenvalue weighted by atomic mass is 19.4. The maximum atomic E-state index is 14.2. The summed E-state index contributed by atoms with van der Waals surface area (Å²) in [5.41, 5.74) is -0.489. The van der Waals surface area contributed by atoms with E-state index in [1.54, 1.807) is 0 Å². The van der Waals surface area contributed by atoms with Crippen LogP contribution < -0.4 is 9.47 Å². The summed E-state index contributed by atoms with van der Waals surface area (Å²) in [5, 5.41) is -0.135. The highest BCUT2D eigenvalue weighted by molar-refractivity contribution is 5.93. The Hall–Kier alpha value is -3.23. The molecule has 0 saturated carbocycles. The average molecular weight is 428 g/mol. The highest BCUT2D eigenvalue weighted by Gasteiger charge is 2.32. The van der Waals surface area contributed by atoms with Crippen LogP contribution in [0, 0.1) is 17.5 Å². The number of alkyl halides is 3. The largest absolute Gasteiger partial charge is 0.573 e. The number of ether oxygens (including phenoxy) is 2. The van der Waals surface area contributed by atoms with Crippen LogP contribution in [0.25, 0.3) is 10.8 Å². The molecule has 0 aliphatic carbocycles. The van der Waals surface area contributed by atoms with E-state index < -0.39 is 41.1 Å². The maximum Gasteiger partial charge on any atom is 0.573 e. The molecule has 3 rings (SSSR count). The molecule has 0 unspecified atom stereocenters. The van der Waals surface area contributed by atoms with E-state index in [-0.39, 0.29) is 16.5 Å². The Balaban J connectivity index is 1.88. The standard InChI is InChI=1S/C21H14F6O3/c1-2-3-11-8-15(22)18(16(23)9-11)20(28)29-13-5-6-14-12(10-13)4-7-17(19(14)24)30-21(25,26)27/h4-10H,2-3H2,1H3. The normalized spacial score (nSPS) is 11.6. The molecule has 0 aliphatic rings. The van der Waals surface area contributed by atoms with Crippen LogP contribution in [0.3, 0.4) is 0 Å². The minimum atomic E-state index is -5.06. The molecular formula is C21H14F6O3. The molecule has 30 heavy (non-hydrogen) atoms. The quantitative estimate of drug-likeness (QED) is 0.271. The first-order valence-electron chi connectivity index (χ1n) is 8.77. The summed E-state index contributed by atoms with van der Waals surface area (Å²) in [6, 6.07) is 7.27. The van der Waals surface area contributed by atoms with Crippen LogP contribution in [-0.2, 0) is 6.42 Å². The molecule has 9 heteroatoms. The van der Waals surface area contributed by atoms with Gasteiger partial charge in [0.05, 0.1) is 0 Å². The first kappa shape index (κ1) is 21.5. The summed E-state index contributed by atoms with van der Waals surface area (Å²) in [5.74, 6) is -5.91. The van der Waals surface area contributed by atoms with E-state index in [4.69, 9.17) is 4.74 Å². The molecule has 0 saturated heterocycles. The first-order chi connectivity index (χ1) is 14.1. The number of hydrogen-bond donors (Lipinski definition) is 0. The first-order valence-corrected chi connectivity index (χ1v) is 8.77. The molecule has 0 amide bonds. The van der Waals surface area contributed by atoms with Crippen LogP contribution in [0.5, 0.6) is 11.5 Å². The number of esters is 1. The van der Waals surface area contributed by atoms with Gasteiger partial charge in [-0.3, -0.25) is 0 Å². The fourth-order valence-corrected chi connectivity index (χ4v) is 2.93. The minimum absolute atomic E-state index is 0.0894. The van der Waals surface area contributed by atoms with Crippen molar-refractivity contribution in [2.24, 2.45) is 0 Å². The lowest BCUT2D eigenvalue weighted by Crippen LogP contribution is -2.18. The Morgan fingerprint density at radius 1 is 0.967 bits per heavy atom. The lowest BCUT2D eigenvalue weighted by Gasteiger charge is -2.12. The van der Waals surface area contributed by atoms with Gasteiger partial charge < -0.3 is 9.47 Å². The van der Waals surface area contributed by atoms with Gasteiger partial charge in [0.15, 0.2) is 11.6 Å². The van der Waals surface area contributed by atoms with E-state index >= 15 is 0 Å². The van der Waals surface area contributed by atoms with Gasteiger partial charge in [0.2, 0.25) is 0 Å². The minimum Gasteiger partial charge on any atom is -0.423 e. The molecule has 0 aliphatic heterocycles. The molecule has 158 valence electrons. The fourth-order valence-electron chi connectivity index (χ4n) is 2.93. The van der Waals surface area contributed by atoms with Crippen LogP contribution in [0.1, 0.15) is 29.3 Å². The third kappa shape index (κ3) is 4.67. The molecule has 0 aromatic heterocycles. The topological polar surface area (TPSA) is 35.5 Å². The SMILES string of the molecule is CCCc1cc(F)c(C(=O)Oc2ccc3c(F)c(OC(F)(F)F)ccc3c2)c(F)c1. The van der Waals surface area contributed by atoms with Gasteiger partial charge in [-0.1, -0.05) is 19.4 Å². The number of hydrogen-bond acceptors (Lipinski definition) is 3. The van der Waals surface area contributed by atoms with Gasteiger partial charge in [-0.15, -0.1) is 13.2 Å². The molecule has 3 aromatic rings. The van der Waals surface area contributed by atoms with Crippen molar-refractivity contribution < 1.29 is 40.6 Å². The van der Waals surface area contributed by atoms with Crippen molar-refractivity contribution in [3.63, 3.8) is 0 Å². The molecule has 0 N–H and O–H groups in total. The summed E-state index contributed by atoms with van der Waals surface area (Å²) in [4.78, 5) is 12.2. The van der Waals surface area contributed by atoms with Gasteiger partial charge in [0.25, 0.3) is 0 Å². The molecular weight excluding hydrogens is 414 g/mol. The third-order valence-corrected chi connectivity index (χ3v) is 4.17. The third-order valence-electron chi connectivity index (χ3n) is 4.17. The Bertz CT molecular complexity index is 1080. The Labute approximate surface area is 166 Å². The molecule has 3 aromatic carbocycles. The number of carbonyl (C=O) groups excluding carboxylic acids is 1. The Kier molecular flexibility index (Phi) is 5.91. The summed E-state index contributed by atoms with van der Waals surface area (Å²) < 4.78 is 88.1. The number of carbonyl (C=O) groups is 1. The molecule has 0 radical (unpaired) electrons. The van der Waals surface area contributed by atoms with Crippen molar-refractivity contribution in [1.82, 2.24) is 0 Å². The molecule has 0 atom stereocenters. The van der Waals surface area contributed by atoms with Crippen molar-refractivity contribution >= 4 is 16.7 Å². The van der Waals surface area contributed by atoms with E-state index in [9.17, 15) is 31.1 Å². The second-order valence-electron chi connectivity index (χ2n) is 6.38. The van der Waals surface area contributed by atoms with Crippen molar-refractivity contribution in [3.05, 3.63) is 71.0 Å². The van der Waals surface area contributed by atoms with Crippen LogP contribution in [-0.4, -0.2) is 12.3 Å². The van der Waals surface area contributed by atoms with Crippen molar-refractivity contribution in [2.75, 3.05) is 0 Å². The van der Waals surface area contributed by atoms with E-state index in [0.29, 0.717) is 18.4 Å². The number of aryl methyl sites for hydroxylation is 1. The van der Waals surface area contributed by atoms with E-state index in [0.717, 1.165) is 42.5 Å². The Morgan fingerprint density at radius 3 is 2.23 bits per heavy atom. The summed E-state index contributed by atoms with van der Waals surface area (Å²) in [6.07, 6.45) is -3.98. The Morgan fingerprint density at radius 2 is 1.63 bits per heavy atom. The zero-order valence-corrected chi connectivity index (χ0v) is 15.4. The molecule has 3 nitrogen and oxygen atoms in total. The number of benzene rings is 3. The number of fused-ring (bicyclic) bond motifs is 1. The van der Waals surface area contributed by atoms with E-state index in [1.807, 2.05) is 6.92 Å². The van der Waals surface area contributed by atoms with Crippen molar-refractivity contribution in [1.29, 1.82) is 0 Å². The second kappa shape index (κ2) is 8.25. The number of rotatable bonds is 5. The summed E-state index contributed by atoms with van der Waals surface area (Å²) in [7, 11) is 0. The monoisotopic (exact) mass is 428 g/mol. The van der Waals surface area contributed by atoms with Gasteiger partial charge in [-0.2, -0.15) is 0 Å². The van der Waals surface area contributed by atoms with Gasteiger partial charge in [0, 0.05) is 5.39 Å². The van der Waals surface area contributed by atoms with Gasteiger partial charge in [-0.25, -0.2) is 18.0 Å². The smallest absolute Gasteiger partial charge is 0.423 e. The molecule has 0 fully saturated rings. The van der Waals surface area contributed by atoms with Gasteiger partial charge in [0.1, 0.15) is 22.9 Å². The van der Waals surface area contributed by atoms with Crippen LogP contribution in [0.2, 0.25) is 0 Å². The molecule has 0 spiro atoms. The zero-order valence-electron chi connectivity index (χ0n) is 15.4. The molecule has 0 heterocycles. The lowest BCUT2D eigenvalue weighted by atomic mass is 10.1. The van der Waals surface area contributed by atoms with Crippen molar-refractivity contribution in [3.8, 4) is 11.5 Å². The highest BCUT2D eigenvalue weighted by Crippen LogP contribution is 2.32. The van der Waals surface area contributed by atoms with Gasteiger partial charge in [-0.05, 0) is 53.8 Å². The predicted octanol–water partition coefficient (Wildman–Crippen LogP) is 6.33. The van der Waals surface area contributed by atoms with E-state index in [2.05, 4.69) is 4.74 Å². The van der Waals surface area contributed by atoms with Crippen molar-refractivity contribution in [2.45, 2.75) is 26.1 Å². The van der Waals surface area contributed by atoms with Crippen LogP contribution in [0.15, 0.2) is 42.5 Å². The predicted molar refractivity (Wildman–Crippen MR) is 95.9 cm³/mol. The maximum absolute atomic E-state index is 14.2. The van der Waals surface area contributed by atoms with Crippen LogP contribution >= 0.6 is 0 Å². The summed E-state index contributed by atoms with van der Waals surface area (Å²) >= 11 is 0. The lowest BCUT2D eigenvalue weighted by molar-refractivity contribution is -0.275. The van der Waals surface area contributed by atoms with Crippen LogP contribution in [0.4, 0.5) is 26.3 Å². The molecule has 0 bridgehead atoms. The number of halogens is 6. The van der Waals surface area contributed by atoms with Gasteiger partial charge >= 0.3 is 12.3 Å². The fraction of sp³-hybridized carbons (Fsp3) is 0.190. The summed E-state index contributed by atoms with van der Waals surface area (Å²) in [6.45, 7) is 1.83.